The average molecular weight is 294 g/mol. The standard InChI is InChI=1S/C11H22N2O5S/c1-3-18-8-9(2)12-19(16,17)13-7-5-4-6-10(13)11(14)15/h9-10,12H,3-8H2,1-2H3,(H,14,15). The van der Waals surface area contributed by atoms with E-state index in [4.69, 9.17) is 9.84 Å². The largest absolute Gasteiger partial charge is 0.480 e. The number of piperidine rings is 1. The highest BCUT2D eigenvalue weighted by Crippen LogP contribution is 2.20. The van der Waals surface area contributed by atoms with Crippen LogP contribution in [0.2, 0.25) is 0 Å². The molecular weight excluding hydrogens is 272 g/mol. The fourth-order valence-corrected chi connectivity index (χ4v) is 3.70. The van der Waals surface area contributed by atoms with E-state index in [0.29, 0.717) is 19.4 Å². The summed E-state index contributed by atoms with van der Waals surface area (Å²) in [7, 11) is -3.78. The highest BCUT2D eigenvalue weighted by molar-refractivity contribution is 7.87. The van der Waals surface area contributed by atoms with Crippen molar-refractivity contribution in [3.63, 3.8) is 0 Å². The number of nitrogens with zero attached hydrogens (tertiary/aromatic N) is 1. The van der Waals surface area contributed by atoms with Crippen molar-refractivity contribution in [2.75, 3.05) is 19.8 Å². The minimum Gasteiger partial charge on any atom is -0.480 e. The second-order valence-electron chi connectivity index (χ2n) is 4.64. The molecule has 0 aromatic rings. The monoisotopic (exact) mass is 294 g/mol. The third kappa shape index (κ3) is 4.72. The van der Waals surface area contributed by atoms with Crippen molar-refractivity contribution in [3.8, 4) is 0 Å². The van der Waals surface area contributed by atoms with Gasteiger partial charge in [-0.1, -0.05) is 0 Å². The molecule has 8 heteroatoms. The third-order valence-corrected chi connectivity index (χ3v) is 4.72. The summed E-state index contributed by atoms with van der Waals surface area (Å²) < 4.78 is 33.0. The van der Waals surface area contributed by atoms with Gasteiger partial charge in [0, 0.05) is 19.2 Å². The molecular formula is C11H22N2O5S. The van der Waals surface area contributed by atoms with E-state index in [9.17, 15) is 13.2 Å². The zero-order valence-corrected chi connectivity index (χ0v) is 12.1. The number of hydrogen-bond donors (Lipinski definition) is 2. The van der Waals surface area contributed by atoms with Crippen molar-refractivity contribution < 1.29 is 23.1 Å². The van der Waals surface area contributed by atoms with Crippen LogP contribution in [0, 0.1) is 0 Å². The van der Waals surface area contributed by atoms with Gasteiger partial charge in [0.1, 0.15) is 6.04 Å². The molecule has 0 bridgehead atoms. The summed E-state index contributed by atoms with van der Waals surface area (Å²) in [6, 6.07) is -1.35. The second kappa shape index (κ2) is 7.18. The van der Waals surface area contributed by atoms with Gasteiger partial charge in [-0.25, -0.2) is 0 Å². The normalized spacial score (nSPS) is 23.2. The number of carbonyl (C=O) groups is 1. The Morgan fingerprint density at radius 2 is 2.21 bits per heavy atom. The lowest BCUT2D eigenvalue weighted by molar-refractivity contribution is -0.142. The minimum absolute atomic E-state index is 0.244. The Morgan fingerprint density at radius 1 is 1.53 bits per heavy atom. The Bertz CT molecular complexity index is 398. The lowest BCUT2D eigenvalue weighted by atomic mass is 10.1. The second-order valence-corrected chi connectivity index (χ2v) is 6.30. The fraction of sp³-hybridized carbons (Fsp3) is 0.909. The van der Waals surface area contributed by atoms with Crippen LogP contribution >= 0.6 is 0 Å². The number of carboxylic acid groups (broad SMARTS) is 1. The summed E-state index contributed by atoms with van der Waals surface area (Å²) in [5.41, 5.74) is 0. The fourth-order valence-electron chi connectivity index (χ4n) is 2.09. The van der Waals surface area contributed by atoms with Gasteiger partial charge in [-0.2, -0.15) is 17.4 Å². The Morgan fingerprint density at radius 3 is 2.79 bits per heavy atom. The molecule has 7 nitrogen and oxygen atoms in total. The summed E-state index contributed by atoms with van der Waals surface area (Å²) in [5.74, 6) is -1.09. The SMILES string of the molecule is CCOCC(C)NS(=O)(=O)N1CCCCC1C(=O)O. The van der Waals surface area contributed by atoms with Crippen LogP contribution in [0.1, 0.15) is 33.1 Å². The molecule has 0 aromatic carbocycles. The maximum atomic E-state index is 12.2. The summed E-state index contributed by atoms with van der Waals surface area (Å²) in [6.45, 7) is 4.53. The van der Waals surface area contributed by atoms with Crippen LogP contribution in [0.4, 0.5) is 0 Å². The minimum atomic E-state index is -3.78. The molecule has 0 spiro atoms. The van der Waals surface area contributed by atoms with Crippen molar-refractivity contribution >= 4 is 16.2 Å². The molecule has 1 aliphatic rings. The highest BCUT2D eigenvalue weighted by Gasteiger charge is 2.37. The van der Waals surface area contributed by atoms with E-state index in [1.807, 2.05) is 6.92 Å². The first kappa shape index (κ1) is 16.4. The first-order chi connectivity index (χ1) is 8.88. The smallest absolute Gasteiger partial charge is 0.322 e. The van der Waals surface area contributed by atoms with Gasteiger partial charge in [-0.3, -0.25) is 4.79 Å². The number of carboxylic acids is 1. The molecule has 19 heavy (non-hydrogen) atoms. The van der Waals surface area contributed by atoms with Crippen molar-refractivity contribution in [2.45, 2.75) is 45.2 Å². The molecule has 0 amide bonds. The van der Waals surface area contributed by atoms with E-state index in [0.717, 1.165) is 10.7 Å². The van der Waals surface area contributed by atoms with Gasteiger partial charge in [0.25, 0.3) is 10.2 Å². The number of aliphatic carboxylic acids is 1. The van der Waals surface area contributed by atoms with Gasteiger partial charge < -0.3 is 9.84 Å². The van der Waals surface area contributed by atoms with Gasteiger partial charge in [0.15, 0.2) is 0 Å². The van der Waals surface area contributed by atoms with Gasteiger partial charge >= 0.3 is 5.97 Å². The summed E-state index contributed by atoms with van der Waals surface area (Å²) in [4.78, 5) is 11.1. The molecule has 1 rings (SSSR count). The van der Waals surface area contributed by atoms with Gasteiger partial charge in [-0.05, 0) is 33.1 Å². The van der Waals surface area contributed by atoms with Crippen molar-refractivity contribution in [3.05, 3.63) is 0 Å². The van der Waals surface area contributed by atoms with Crippen LogP contribution in [0.3, 0.4) is 0 Å². The molecule has 1 fully saturated rings. The van der Waals surface area contributed by atoms with E-state index in [-0.39, 0.29) is 19.2 Å². The molecule has 0 radical (unpaired) electrons. The number of hydrogen-bond acceptors (Lipinski definition) is 4. The zero-order chi connectivity index (χ0) is 14.5. The quantitative estimate of drug-likeness (QED) is 0.698. The molecule has 0 aliphatic carbocycles. The lowest BCUT2D eigenvalue weighted by Gasteiger charge is -2.32. The third-order valence-electron chi connectivity index (χ3n) is 2.97. The number of ether oxygens (including phenoxy) is 1. The zero-order valence-electron chi connectivity index (χ0n) is 11.3. The lowest BCUT2D eigenvalue weighted by Crippen LogP contribution is -2.54. The number of rotatable bonds is 7. The van der Waals surface area contributed by atoms with Crippen LogP contribution < -0.4 is 4.72 Å². The van der Waals surface area contributed by atoms with Gasteiger partial charge in [-0.15, -0.1) is 0 Å². The number of nitrogens with one attached hydrogen (secondary N) is 1. The molecule has 1 heterocycles. The van der Waals surface area contributed by atoms with E-state index in [1.165, 1.54) is 0 Å². The summed E-state index contributed by atoms with van der Waals surface area (Å²) in [6.07, 6.45) is 1.78. The summed E-state index contributed by atoms with van der Waals surface area (Å²) >= 11 is 0. The van der Waals surface area contributed by atoms with Gasteiger partial charge in [0.05, 0.1) is 6.61 Å². The molecule has 0 aromatic heterocycles. The molecule has 2 unspecified atom stereocenters. The van der Waals surface area contributed by atoms with E-state index in [1.54, 1.807) is 6.92 Å². The van der Waals surface area contributed by atoms with Gasteiger partial charge in [0.2, 0.25) is 0 Å². The Kier molecular flexibility index (Phi) is 6.18. The van der Waals surface area contributed by atoms with E-state index >= 15 is 0 Å². The highest BCUT2D eigenvalue weighted by atomic mass is 32.2. The topological polar surface area (TPSA) is 95.9 Å². The Labute approximate surface area is 114 Å². The predicted molar refractivity (Wildman–Crippen MR) is 70.0 cm³/mol. The molecule has 2 atom stereocenters. The first-order valence-corrected chi connectivity index (χ1v) is 7.92. The summed E-state index contributed by atoms with van der Waals surface area (Å²) in [5, 5.41) is 9.09. The maximum Gasteiger partial charge on any atom is 0.322 e. The van der Waals surface area contributed by atoms with Crippen molar-refractivity contribution in [1.29, 1.82) is 0 Å². The maximum absolute atomic E-state index is 12.2. The van der Waals surface area contributed by atoms with E-state index in [2.05, 4.69) is 4.72 Å². The van der Waals surface area contributed by atoms with Crippen LogP contribution in [0.25, 0.3) is 0 Å². The molecule has 0 saturated carbocycles. The molecule has 112 valence electrons. The average Bonchev–Trinajstić information content (AvgIpc) is 2.35. The Balaban J connectivity index is 2.71. The predicted octanol–water partition coefficient (Wildman–Crippen LogP) is 0.185. The van der Waals surface area contributed by atoms with Crippen molar-refractivity contribution in [2.24, 2.45) is 0 Å². The molecule has 2 N–H and O–H groups in total. The molecule has 1 saturated heterocycles. The molecule has 1 aliphatic heterocycles. The van der Waals surface area contributed by atoms with Crippen LogP contribution in [0.15, 0.2) is 0 Å². The van der Waals surface area contributed by atoms with Crippen LogP contribution in [-0.2, 0) is 19.7 Å². The van der Waals surface area contributed by atoms with E-state index < -0.39 is 22.2 Å². The van der Waals surface area contributed by atoms with Crippen LogP contribution in [0.5, 0.6) is 0 Å². The van der Waals surface area contributed by atoms with Crippen LogP contribution in [-0.4, -0.2) is 55.6 Å². The van der Waals surface area contributed by atoms with Crippen molar-refractivity contribution in [1.82, 2.24) is 9.03 Å². The first-order valence-electron chi connectivity index (χ1n) is 6.48. The Hall–Kier alpha value is -0.700.